The Morgan fingerprint density at radius 1 is 0.952 bits per heavy atom. The lowest BCUT2D eigenvalue weighted by atomic mass is 10.1. The van der Waals surface area contributed by atoms with Gasteiger partial charge >= 0.3 is 6.18 Å². The molecule has 0 radical (unpaired) electrons. The Kier molecular flexibility index (Phi) is 4.02. The van der Waals surface area contributed by atoms with Crippen LogP contribution in [-0.2, 0) is 6.18 Å². The van der Waals surface area contributed by atoms with Gasteiger partial charge in [-0.15, -0.1) is 0 Å². The number of hydrogen-bond acceptors (Lipinski definition) is 2. The molecule has 0 heterocycles. The second-order valence-electron chi connectivity index (χ2n) is 4.19. The molecule has 0 aliphatic carbocycles. The van der Waals surface area contributed by atoms with E-state index in [-0.39, 0.29) is 11.4 Å². The van der Waals surface area contributed by atoms with Gasteiger partial charge in [0, 0.05) is 5.69 Å². The molecule has 2 nitrogen and oxygen atoms in total. The minimum atomic E-state index is -4.64. The first-order valence-corrected chi connectivity index (χ1v) is 5.80. The molecule has 7 heteroatoms. The maximum atomic E-state index is 12.9. The molecule has 0 spiro atoms. The first-order chi connectivity index (χ1) is 9.79. The topological polar surface area (TPSA) is 35.2 Å². The van der Waals surface area contributed by atoms with Crippen molar-refractivity contribution in [3.05, 3.63) is 53.6 Å². The van der Waals surface area contributed by atoms with Crippen LogP contribution < -0.4 is 10.5 Å². The zero-order valence-electron chi connectivity index (χ0n) is 10.5. The molecule has 21 heavy (non-hydrogen) atoms. The smallest absolute Gasteiger partial charge is 0.419 e. The van der Waals surface area contributed by atoms with Crippen molar-refractivity contribution in [1.82, 2.24) is 0 Å². The first-order valence-electron chi connectivity index (χ1n) is 5.80. The van der Waals surface area contributed by atoms with Gasteiger partial charge in [0.15, 0.2) is 0 Å². The number of alkyl halides is 5. The minimum Gasteiger partial charge on any atom is -0.456 e. The van der Waals surface area contributed by atoms with Crippen LogP contribution in [0.25, 0.3) is 0 Å². The summed E-state index contributed by atoms with van der Waals surface area (Å²) in [7, 11) is 0. The minimum absolute atomic E-state index is 0.0711. The second kappa shape index (κ2) is 5.59. The van der Waals surface area contributed by atoms with Crippen LogP contribution >= 0.6 is 0 Å². The molecule has 0 saturated carbocycles. The SMILES string of the molecule is Nc1ccc(Oc2ccccc2C(F)(F)F)c(C(F)F)c1. The van der Waals surface area contributed by atoms with Crippen LogP contribution in [0.2, 0.25) is 0 Å². The van der Waals surface area contributed by atoms with E-state index in [1.54, 1.807) is 0 Å². The van der Waals surface area contributed by atoms with Crippen molar-refractivity contribution in [3.8, 4) is 11.5 Å². The number of nitrogens with two attached hydrogens (primary N) is 1. The molecule has 2 aromatic carbocycles. The third-order valence-corrected chi connectivity index (χ3v) is 2.68. The van der Waals surface area contributed by atoms with E-state index in [2.05, 4.69) is 0 Å². The molecule has 0 unspecified atom stereocenters. The van der Waals surface area contributed by atoms with Crippen LogP contribution in [0.4, 0.5) is 27.6 Å². The average Bonchev–Trinajstić information content (AvgIpc) is 2.40. The molecule has 2 N–H and O–H groups in total. The van der Waals surface area contributed by atoms with E-state index < -0.39 is 29.5 Å². The summed E-state index contributed by atoms with van der Waals surface area (Å²) in [5.41, 5.74) is 3.86. The highest BCUT2D eigenvalue weighted by atomic mass is 19.4. The van der Waals surface area contributed by atoms with E-state index in [1.165, 1.54) is 18.2 Å². The van der Waals surface area contributed by atoms with Crippen molar-refractivity contribution in [2.75, 3.05) is 5.73 Å². The van der Waals surface area contributed by atoms with E-state index in [0.29, 0.717) is 0 Å². The number of halogens is 5. The summed E-state index contributed by atoms with van der Waals surface area (Å²) in [4.78, 5) is 0. The Labute approximate surface area is 116 Å². The fraction of sp³-hybridized carbons (Fsp3) is 0.143. The molecule has 0 amide bonds. The highest BCUT2D eigenvalue weighted by molar-refractivity contribution is 5.50. The van der Waals surface area contributed by atoms with E-state index in [1.807, 2.05) is 0 Å². The summed E-state index contributed by atoms with van der Waals surface area (Å²) in [6, 6.07) is 7.75. The highest BCUT2D eigenvalue weighted by Crippen LogP contribution is 2.40. The molecule has 0 aromatic heterocycles. The molecular weight excluding hydrogens is 293 g/mol. The Bertz CT molecular complexity index is 640. The van der Waals surface area contributed by atoms with E-state index in [9.17, 15) is 22.0 Å². The Morgan fingerprint density at radius 2 is 1.62 bits per heavy atom. The predicted molar refractivity (Wildman–Crippen MR) is 67.3 cm³/mol. The van der Waals surface area contributed by atoms with E-state index in [4.69, 9.17) is 10.5 Å². The van der Waals surface area contributed by atoms with Gasteiger partial charge in [-0.05, 0) is 30.3 Å². The van der Waals surface area contributed by atoms with Gasteiger partial charge in [0.1, 0.15) is 11.5 Å². The standard InChI is InChI=1S/C14H10F5NO/c15-13(16)9-7-8(20)5-6-11(9)21-12-4-2-1-3-10(12)14(17,18)19/h1-7,13H,20H2. The number of para-hydroxylation sites is 1. The molecular formula is C14H10F5NO. The summed E-state index contributed by atoms with van der Waals surface area (Å²) in [6.45, 7) is 0. The van der Waals surface area contributed by atoms with Gasteiger partial charge in [-0.2, -0.15) is 13.2 Å². The third kappa shape index (κ3) is 3.42. The van der Waals surface area contributed by atoms with Crippen LogP contribution in [0.5, 0.6) is 11.5 Å². The average molecular weight is 303 g/mol. The number of ether oxygens (including phenoxy) is 1. The summed E-state index contributed by atoms with van der Waals surface area (Å²) in [5.74, 6) is -0.910. The van der Waals surface area contributed by atoms with Crippen molar-refractivity contribution in [2.45, 2.75) is 12.6 Å². The molecule has 0 saturated heterocycles. The predicted octanol–water partition coefficient (Wildman–Crippen LogP) is 5.02. The molecule has 0 fully saturated rings. The zero-order chi connectivity index (χ0) is 15.6. The number of nitrogen functional groups attached to an aromatic ring is 1. The number of anilines is 1. The number of hydrogen-bond donors (Lipinski definition) is 1. The lowest BCUT2D eigenvalue weighted by Gasteiger charge is -2.15. The maximum Gasteiger partial charge on any atom is 0.419 e. The number of benzene rings is 2. The van der Waals surface area contributed by atoms with Gasteiger partial charge in [-0.25, -0.2) is 8.78 Å². The molecule has 112 valence electrons. The van der Waals surface area contributed by atoms with Crippen LogP contribution in [0.1, 0.15) is 17.6 Å². The van der Waals surface area contributed by atoms with E-state index >= 15 is 0 Å². The molecule has 0 aliphatic rings. The van der Waals surface area contributed by atoms with Crippen molar-refractivity contribution < 1.29 is 26.7 Å². The van der Waals surface area contributed by atoms with Crippen LogP contribution in [0.3, 0.4) is 0 Å². The lowest BCUT2D eigenvalue weighted by molar-refractivity contribution is -0.138. The number of rotatable bonds is 3. The van der Waals surface area contributed by atoms with Gasteiger partial charge in [0.25, 0.3) is 6.43 Å². The molecule has 0 atom stereocenters. The monoisotopic (exact) mass is 303 g/mol. The van der Waals surface area contributed by atoms with Gasteiger partial charge in [0.05, 0.1) is 11.1 Å². The van der Waals surface area contributed by atoms with Crippen molar-refractivity contribution >= 4 is 5.69 Å². The van der Waals surface area contributed by atoms with Crippen molar-refractivity contribution in [1.29, 1.82) is 0 Å². The molecule has 0 aliphatic heterocycles. The Hall–Kier alpha value is -2.31. The Balaban J connectivity index is 2.44. The van der Waals surface area contributed by atoms with E-state index in [0.717, 1.165) is 24.3 Å². The van der Waals surface area contributed by atoms with Gasteiger partial charge < -0.3 is 10.5 Å². The molecule has 2 rings (SSSR count). The highest BCUT2D eigenvalue weighted by Gasteiger charge is 2.34. The van der Waals surface area contributed by atoms with Crippen molar-refractivity contribution in [2.24, 2.45) is 0 Å². The van der Waals surface area contributed by atoms with Crippen LogP contribution in [0.15, 0.2) is 42.5 Å². The van der Waals surface area contributed by atoms with Gasteiger partial charge in [-0.3, -0.25) is 0 Å². The lowest BCUT2D eigenvalue weighted by Crippen LogP contribution is -2.07. The summed E-state index contributed by atoms with van der Waals surface area (Å²) in [5, 5.41) is 0. The van der Waals surface area contributed by atoms with Gasteiger partial charge in [-0.1, -0.05) is 12.1 Å². The quantitative estimate of drug-likeness (QED) is 0.638. The fourth-order valence-electron chi connectivity index (χ4n) is 1.74. The normalized spacial score (nSPS) is 11.7. The third-order valence-electron chi connectivity index (χ3n) is 2.68. The summed E-state index contributed by atoms with van der Waals surface area (Å²) >= 11 is 0. The van der Waals surface area contributed by atoms with Crippen LogP contribution in [0, 0.1) is 0 Å². The van der Waals surface area contributed by atoms with Crippen LogP contribution in [-0.4, -0.2) is 0 Å². The maximum absolute atomic E-state index is 12.9. The van der Waals surface area contributed by atoms with Crippen molar-refractivity contribution in [3.63, 3.8) is 0 Å². The summed E-state index contributed by atoms with van der Waals surface area (Å²) in [6.07, 6.45) is -7.56. The molecule has 0 bridgehead atoms. The first kappa shape index (κ1) is 15.1. The fourth-order valence-corrected chi connectivity index (χ4v) is 1.74. The van der Waals surface area contributed by atoms with Gasteiger partial charge in [0.2, 0.25) is 0 Å². The molecule has 2 aromatic rings. The largest absolute Gasteiger partial charge is 0.456 e. The second-order valence-corrected chi connectivity index (χ2v) is 4.19. The Morgan fingerprint density at radius 3 is 2.24 bits per heavy atom. The zero-order valence-corrected chi connectivity index (χ0v) is 10.5. The summed E-state index contributed by atoms with van der Waals surface area (Å²) < 4.78 is 69.3.